The van der Waals surface area contributed by atoms with E-state index < -0.39 is 0 Å². The van der Waals surface area contributed by atoms with Crippen molar-refractivity contribution >= 4 is 34.6 Å². The molecular formula is C15H14Cl2N2O2. The van der Waals surface area contributed by atoms with Crippen LogP contribution in [0, 0.1) is 0 Å². The molecular weight excluding hydrogens is 311 g/mol. The largest absolute Gasteiger partial charge is 0.507 e. The van der Waals surface area contributed by atoms with Gasteiger partial charge in [-0.05, 0) is 37.3 Å². The van der Waals surface area contributed by atoms with Crippen LogP contribution < -0.4 is 10.2 Å². The number of phenols is 1. The summed E-state index contributed by atoms with van der Waals surface area (Å²) < 4.78 is 5.04. The number of rotatable bonds is 4. The molecule has 0 amide bonds. The summed E-state index contributed by atoms with van der Waals surface area (Å²) in [4.78, 5) is 0. The molecule has 0 saturated heterocycles. The highest BCUT2D eigenvalue weighted by molar-refractivity contribution is 6.42. The number of anilines is 1. The predicted molar refractivity (Wildman–Crippen MR) is 87.0 cm³/mol. The summed E-state index contributed by atoms with van der Waals surface area (Å²) in [5, 5.41) is 15.1. The van der Waals surface area contributed by atoms with Crippen LogP contribution in [-0.2, 0) is 0 Å². The number of methoxy groups -OCH3 is 1. The number of hydrazone groups is 1. The Labute approximate surface area is 133 Å². The number of nitrogens with one attached hydrogen (secondary N) is 1. The molecule has 0 aromatic heterocycles. The van der Waals surface area contributed by atoms with Crippen molar-refractivity contribution < 1.29 is 9.84 Å². The Morgan fingerprint density at radius 1 is 1.14 bits per heavy atom. The van der Waals surface area contributed by atoms with E-state index in [0.29, 0.717) is 32.8 Å². The highest BCUT2D eigenvalue weighted by atomic mass is 35.5. The van der Waals surface area contributed by atoms with Crippen LogP contribution in [-0.4, -0.2) is 17.9 Å². The monoisotopic (exact) mass is 324 g/mol. The molecule has 21 heavy (non-hydrogen) atoms. The fraction of sp³-hybridized carbons (Fsp3) is 0.133. The smallest absolute Gasteiger partial charge is 0.128 e. The van der Waals surface area contributed by atoms with Gasteiger partial charge in [0.15, 0.2) is 0 Å². The van der Waals surface area contributed by atoms with Gasteiger partial charge in [-0.3, -0.25) is 5.43 Å². The van der Waals surface area contributed by atoms with Crippen LogP contribution >= 0.6 is 23.2 Å². The Bertz CT molecular complexity index is 687. The Hall–Kier alpha value is -1.91. The number of hydrogen-bond acceptors (Lipinski definition) is 4. The quantitative estimate of drug-likeness (QED) is 0.641. The molecule has 0 unspecified atom stereocenters. The van der Waals surface area contributed by atoms with Crippen molar-refractivity contribution in [3.8, 4) is 11.5 Å². The summed E-state index contributed by atoms with van der Waals surface area (Å²) in [5.41, 5.74) is 4.81. The van der Waals surface area contributed by atoms with Gasteiger partial charge in [0.1, 0.15) is 11.5 Å². The van der Waals surface area contributed by atoms with E-state index in [4.69, 9.17) is 27.9 Å². The van der Waals surface area contributed by atoms with Crippen molar-refractivity contribution in [2.75, 3.05) is 12.5 Å². The second-order valence-corrected chi connectivity index (χ2v) is 5.14. The lowest BCUT2D eigenvalue weighted by molar-refractivity contribution is 0.407. The molecule has 0 atom stereocenters. The fourth-order valence-corrected chi connectivity index (χ4v) is 2.02. The van der Waals surface area contributed by atoms with Gasteiger partial charge in [0.05, 0.1) is 28.6 Å². The van der Waals surface area contributed by atoms with Crippen molar-refractivity contribution in [2.45, 2.75) is 6.92 Å². The zero-order chi connectivity index (χ0) is 15.4. The summed E-state index contributed by atoms with van der Waals surface area (Å²) in [6.45, 7) is 1.78. The Morgan fingerprint density at radius 2 is 1.90 bits per heavy atom. The van der Waals surface area contributed by atoms with Gasteiger partial charge in [0.2, 0.25) is 0 Å². The van der Waals surface area contributed by atoms with E-state index in [0.717, 1.165) is 0 Å². The molecule has 2 aromatic rings. The lowest BCUT2D eigenvalue weighted by Gasteiger charge is -2.08. The first kappa shape index (κ1) is 15.5. The molecule has 2 N–H and O–H groups in total. The van der Waals surface area contributed by atoms with Gasteiger partial charge in [-0.25, -0.2) is 0 Å². The van der Waals surface area contributed by atoms with Gasteiger partial charge < -0.3 is 9.84 Å². The van der Waals surface area contributed by atoms with Crippen LogP contribution in [0.2, 0.25) is 10.0 Å². The van der Waals surface area contributed by atoms with Gasteiger partial charge in [0.25, 0.3) is 0 Å². The van der Waals surface area contributed by atoms with Crippen LogP contribution in [0.4, 0.5) is 5.69 Å². The van der Waals surface area contributed by atoms with Gasteiger partial charge >= 0.3 is 0 Å². The maximum atomic E-state index is 9.94. The average molecular weight is 325 g/mol. The number of ether oxygens (including phenoxy) is 1. The first-order chi connectivity index (χ1) is 10.0. The maximum Gasteiger partial charge on any atom is 0.128 e. The first-order valence-corrected chi connectivity index (χ1v) is 6.89. The molecule has 0 saturated carbocycles. The second-order valence-electron chi connectivity index (χ2n) is 4.32. The minimum absolute atomic E-state index is 0.103. The predicted octanol–water partition coefficient (Wildman–Crippen LogP) is 4.54. The summed E-state index contributed by atoms with van der Waals surface area (Å²) in [7, 11) is 1.54. The van der Waals surface area contributed by atoms with Crippen LogP contribution in [0.25, 0.3) is 0 Å². The number of nitrogens with zero attached hydrogens (tertiary/aromatic N) is 1. The number of halogens is 2. The third-order valence-corrected chi connectivity index (χ3v) is 3.61. The van der Waals surface area contributed by atoms with E-state index in [-0.39, 0.29) is 5.75 Å². The summed E-state index contributed by atoms with van der Waals surface area (Å²) in [5.74, 6) is 0.688. The molecule has 6 heteroatoms. The molecule has 0 aliphatic rings. The maximum absolute atomic E-state index is 9.94. The number of benzene rings is 2. The van der Waals surface area contributed by atoms with Gasteiger partial charge in [0, 0.05) is 11.6 Å². The summed E-state index contributed by atoms with van der Waals surface area (Å²) >= 11 is 11.8. The second kappa shape index (κ2) is 6.70. The van der Waals surface area contributed by atoms with Crippen molar-refractivity contribution in [2.24, 2.45) is 5.10 Å². The minimum atomic E-state index is 0.103. The van der Waals surface area contributed by atoms with E-state index in [1.165, 1.54) is 6.07 Å². The Morgan fingerprint density at radius 3 is 2.52 bits per heavy atom. The molecule has 0 aliphatic heterocycles. The third-order valence-electron chi connectivity index (χ3n) is 2.87. The number of aromatic hydroxyl groups is 1. The summed E-state index contributed by atoms with van der Waals surface area (Å²) in [6, 6.07) is 10.2. The standard InChI is InChI=1S/C15H14Cl2N2O2/c1-9(12-5-4-11(21-2)8-15(12)20)18-19-10-3-6-13(16)14(17)7-10/h3-8,19-20H,1-2H3. The Kier molecular flexibility index (Phi) is 4.94. The highest BCUT2D eigenvalue weighted by Gasteiger charge is 2.06. The SMILES string of the molecule is COc1ccc(C(C)=NNc2ccc(Cl)c(Cl)c2)c(O)c1. The molecule has 110 valence electrons. The van der Waals surface area contributed by atoms with Crippen molar-refractivity contribution in [3.63, 3.8) is 0 Å². The fourth-order valence-electron chi connectivity index (χ4n) is 1.72. The van der Waals surface area contributed by atoms with Crippen LogP contribution in [0.1, 0.15) is 12.5 Å². The molecule has 0 spiro atoms. The summed E-state index contributed by atoms with van der Waals surface area (Å²) in [6.07, 6.45) is 0. The van der Waals surface area contributed by atoms with Gasteiger partial charge in [-0.15, -0.1) is 0 Å². The highest BCUT2D eigenvalue weighted by Crippen LogP contribution is 2.26. The molecule has 0 heterocycles. The first-order valence-electron chi connectivity index (χ1n) is 6.14. The third kappa shape index (κ3) is 3.80. The lowest BCUT2D eigenvalue weighted by atomic mass is 10.1. The van der Waals surface area contributed by atoms with Crippen LogP contribution in [0.5, 0.6) is 11.5 Å². The van der Waals surface area contributed by atoms with Gasteiger partial charge in [-0.2, -0.15) is 5.10 Å². The number of hydrogen-bond donors (Lipinski definition) is 2. The number of phenolic OH excluding ortho intramolecular Hbond substituents is 1. The molecule has 0 aliphatic carbocycles. The van der Waals surface area contributed by atoms with E-state index in [2.05, 4.69) is 10.5 Å². The van der Waals surface area contributed by atoms with Gasteiger partial charge in [-0.1, -0.05) is 23.2 Å². The average Bonchev–Trinajstić information content (AvgIpc) is 2.48. The van der Waals surface area contributed by atoms with E-state index in [9.17, 15) is 5.11 Å². The topological polar surface area (TPSA) is 53.8 Å². The van der Waals surface area contributed by atoms with Crippen molar-refractivity contribution in [1.29, 1.82) is 0 Å². The normalized spacial score (nSPS) is 11.3. The molecule has 0 radical (unpaired) electrons. The zero-order valence-electron chi connectivity index (χ0n) is 11.5. The minimum Gasteiger partial charge on any atom is -0.507 e. The molecule has 2 rings (SSSR count). The lowest BCUT2D eigenvalue weighted by Crippen LogP contribution is -2.00. The van der Waals surface area contributed by atoms with Crippen LogP contribution in [0.15, 0.2) is 41.5 Å². The zero-order valence-corrected chi connectivity index (χ0v) is 13.0. The van der Waals surface area contributed by atoms with E-state index in [1.54, 1.807) is 44.4 Å². The molecule has 4 nitrogen and oxygen atoms in total. The van der Waals surface area contributed by atoms with E-state index >= 15 is 0 Å². The molecule has 2 aromatic carbocycles. The Balaban J connectivity index is 2.19. The van der Waals surface area contributed by atoms with E-state index in [1.807, 2.05) is 0 Å². The van der Waals surface area contributed by atoms with Crippen molar-refractivity contribution in [1.82, 2.24) is 0 Å². The molecule has 0 fully saturated rings. The van der Waals surface area contributed by atoms with Crippen LogP contribution in [0.3, 0.4) is 0 Å². The van der Waals surface area contributed by atoms with Crippen molar-refractivity contribution in [3.05, 3.63) is 52.0 Å². The molecule has 0 bridgehead atoms.